The van der Waals surface area contributed by atoms with Crippen molar-refractivity contribution in [2.24, 2.45) is 0 Å². The van der Waals surface area contributed by atoms with Gasteiger partial charge in [0.25, 0.3) is 0 Å². The van der Waals surface area contributed by atoms with Crippen molar-refractivity contribution >= 4 is 11.9 Å². The summed E-state index contributed by atoms with van der Waals surface area (Å²) < 4.78 is 5.29. The number of carboxylic acid groups (broad SMARTS) is 1. The Morgan fingerprint density at radius 3 is 2.71 bits per heavy atom. The van der Waals surface area contributed by atoms with Crippen molar-refractivity contribution in [3.8, 4) is 0 Å². The molecule has 112 valence electrons. The molecule has 1 unspecified atom stereocenters. The number of carboxylic acids is 1. The SMILES string of the molecule is Cc1ccc2c(c1)CCC2NC(=O)[C@@H]1CC[C@H](C(=O)O)O1. The van der Waals surface area contributed by atoms with Crippen LogP contribution in [0.3, 0.4) is 0 Å². The third-order valence-corrected chi connectivity index (χ3v) is 4.28. The molecule has 1 aromatic rings. The van der Waals surface area contributed by atoms with E-state index < -0.39 is 18.2 Å². The molecule has 1 saturated heterocycles. The minimum absolute atomic E-state index is 0.0144. The average molecular weight is 289 g/mol. The molecule has 0 saturated carbocycles. The maximum Gasteiger partial charge on any atom is 0.332 e. The fourth-order valence-electron chi connectivity index (χ4n) is 3.17. The van der Waals surface area contributed by atoms with Crippen molar-refractivity contribution in [3.63, 3.8) is 0 Å². The van der Waals surface area contributed by atoms with Crippen LogP contribution in [0.1, 0.15) is 42.0 Å². The standard InChI is InChI=1S/C16H19NO4/c1-9-2-4-11-10(8-9)3-5-12(11)17-15(18)13-6-7-14(21-13)16(19)20/h2,4,8,12-14H,3,5-7H2,1H3,(H,17,18)(H,19,20)/t12?,13-,14+/m0/s1. The fourth-order valence-corrected chi connectivity index (χ4v) is 3.17. The Hall–Kier alpha value is -1.88. The first kappa shape index (κ1) is 14.1. The second-order valence-electron chi connectivity index (χ2n) is 5.83. The van der Waals surface area contributed by atoms with Gasteiger partial charge in [-0.05, 0) is 43.7 Å². The predicted molar refractivity (Wildman–Crippen MR) is 75.9 cm³/mol. The number of carbonyl (C=O) groups is 2. The quantitative estimate of drug-likeness (QED) is 0.888. The molecule has 5 heteroatoms. The third-order valence-electron chi connectivity index (χ3n) is 4.28. The summed E-state index contributed by atoms with van der Waals surface area (Å²) in [7, 11) is 0. The van der Waals surface area contributed by atoms with Crippen LogP contribution >= 0.6 is 0 Å². The number of nitrogens with one attached hydrogen (secondary N) is 1. The number of benzene rings is 1. The number of carbonyl (C=O) groups excluding carboxylic acids is 1. The normalized spacial score (nSPS) is 27.4. The Morgan fingerprint density at radius 2 is 2.00 bits per heavy atom. The molecule has 3 rings (SSSR count). The molecule has 1 fully saturated rings. The Balaban J connectivity index is 1.64. The molecule has 3 atom stereocenters. The highest BCUT2D eigenvalue weighted by atomic mass is 16.5. The van der Waals surface area contributed by atoms with E-state index in [1.54, 1.807) is 0 Å². The highest BCUT2D eigenvalue weighted by Crippen LogP contribution is 2.32. The maximum atomic E-state index is 12.2. The second-order valence-corrected chi connectivity index (χ2v) is 5.83. The van der Waals surface area contributed by atoms with E-state index in [2.05, 4.69) is 30.4 Å². The monoisotopic (exact) mass is 289 g/mol. The first-order valence-electron chi connectivity index (χ1n) is 7.32. The number of fused-ring (bicyclic) bond motifs is 1. The van der Waals surface area contributed by atoms with E-state index in [-0.39, 0.29) is 11.9 Å². The summed E-state index contributed by atoms with van der Waals surface area (Å²) in [5, 5.41) is 11.9. The van der Waals surface area contributed by atoms with Crippen LogP contribution in [0.5, 0.6) is 0 Å². The van der Waals surface area contributed by atoms with E-state index in [1.807, 2.05) is 0 Å². The molecule has 5 nitrogen and oxygen atoms in total. The largest absolute Gasteiger partial charge is 0.479 e. The zero-order valence-corrected chi connectivity index (χ0v) is 12.0. The molecule has 0 radical (unpaired) electrons. The van der Waals surface area contributed by atoms with E-state index in [1.165, 1.54) is 16.7 Å². The first-order valence-corrected chi connectivity index (χ1v) is 7.32. The smallest absolute Gasteiger partial charge is 0.332 e. The Bertz CT molecular complexity index is 584. The second kappa shape index (κ2) is 5.48. The topological polar surface area (TPSA) is 75.6 Å². The Morgan fingerprint density at radius 1 is 1.24 bits per heavy atom. The van der Waals surface area contributed by atoms with Crippen molar-refractivity contribution < 1.29 is 19.4 Å². The lowest BCUT2D eigenvalue weighted by Crippen LogP contribution is -2.37. The molecule has 1 aliphatic heterocycles. The van der Waals surface area contributed by atoms with Gasteiger partial charge in [0.05, 0.1) is 6.04 Å². The lowest BCUT2D eigenvalue weighted by molar-refractivity contribution is -0.151. The molecule has 2 aliphatic rings. The molecular weight excluding hydrogens is 270 g/mol. The molecule has 21 heavy (non-hydrogen) atoms. The number of hydrogen-bond donors (Lipinski definition) is 2. The number of amides is 1. The molecule has 1 aromatic carbocycles. The van der Waals surface area contributed by atoms with Gasteiger partial charge in [-0.3, -0.25) is 4.79 Å². The van der Waals surface area contributed by atoms with Crippen molar-refractivity contribution in [2.45, 2.75) is 50.9 Å². The Kier molecular flexibility index (Phi) is 3.68. The van der Waals surface area contributed by atoms with Gasteiger partial charge in [0, 0.05) is 0 Å². The lowest BCUT2D eigenvalue weighted by atomic mass is 10.1. The number of hydrogen-bond acceptors (Lipinski definition) is 3. The summed E-state index contributed by atoms with van der Waals surface area (Å²) in [6, 6.07) is 6.29. The van der Waals surface area contributed by atoms with Gasteiger partial charge in [-0.1, -0.05) is 23.8 Å². The number of ether oxygens (including phenoxy) is 1. The van der Waals surface area contributed by atoms with Crippen molar-refractivity contribution in [3.05, 3.63) is 34.9 Å². The van der Waals surface area contributed by atoms with Crippen molar-refractivity contribution in [1.29, 1.82) is 0 Å². The minimum Gasteiger partial charge on any atom is -0.479 e. The molecular formula is C16H19NO4. The first-order chi connectivity index (χ1) is 10.0. The van der Waals surface area contributed by atoms with Crippen LogP contribution in [0.15, 0.2) is 18.2 Å². The molecule has 0 aromatic heterocycles. The van der Waals surface area contributed by atoms with Crippen LogP contribution in [0, 0.1) is 6.92 Å². The van der Waals surface area contributed by atoms with Gasteiger partial charge in [0.15, 0.2) is 6.10 Å². The van der Waals surface area contributed by atoms with Crippen molar-refractivity contribution in [1.82, 2.24) is 5.32 Å². The van der Waals surface area contributed by atoms with E-state index >= 15 is 0 Å². The molecule has 1 heterocycles. The van der Waals surface area contributed by atoms with Gasteiger partial charge in [-0.15, -0.1) is 0 Å². The van der Waals surface area contributed by atoms with Gasteiger partial charge in [-0.2, -0.15) is 0 Å². The van der Waals surface area contributed by atoms with Crippen LogP contribution in [0.2, 0.25) is 0 Å². The highest BCUT2D eigenvalue weighted by Gasteiger charge is 2.36. The molecule has 0 spiro atoms. The van der Waals surface area contributed by atoms with Gasteiger partial charge in [0.1, 0.15) is 6.10 Å². The van der Waals surface area contributed by atoms with Gasteiger partial charge >= 0.3 is 5.97 Å². The summed E-state index contributed by atoms with van der Waals surface area (Å²) in [6.07, 6.45) is 1.23. The van der Waals surface area contributed by atoms with Gasteiger partial charge in [-0.25, -0.2) is 4.79 Å². The summed E-state index contributed by atoms with van der Waals surface area (Å²) in [4.78, 5) is 23.1. The van der Waals surface area contributed by atoms with Crippen LogP contribution in [-0.2, 0) is 20.7 Å². The Labute approximate surface area is 123 Å². The number of rotatable bonds is 3. The minimum atomic E-state index is -0.994. The molecule has 2 N–H and O–H groups in total. The zero-order chi connectivity index (χ0) is 15.0. The lowest BCUT2D eigenvalue weighted by Gasteiger charge is -2.17. The van der Waals surface area contributed by atoms with E-state index in [0.29, 0.717) is 12.8 Å². The summed E-state index contributed by atoms with van der Waals surface area (Å²) >= 11 is 0. The van der Waals surface area contributed by atoms with Crippen LogP contribution in [-0.4, -0.2) is 29.2 Å². The van der Waals surface area contributed by atoms with E-state index in [9.17, 15) is 9.59 Å². The van der Waals surface area contributed by atoms with E-state index in [0.717, 1.165) is 12.8 Å². The van der Waals surface area contributed by atoms with Gasteiger partial charge in [0.2, 0.25) is 5.91 Å². The molecule has 1 amide bonds. The fraction of sp³-hybridized carbons (Fsp3) is 0.500. The van der Waals surface area contributed by atoms with Crippen LogP contribution < -0.4 is 5.32 Å². The zero-order valence-electron chi connectivity index (χ0n) is 12.0. The van der Waals surface area contributed by atoms with Crippen LogP contribution in [0.4, 0.5) is 0 Å². The van der Waals surface area contributed by atoms with Gasteiger partial charge < -0.3 is 15.2 Å². The van der Waals surface area contributed by atoms with E-state index in [4.69, 9.17) is 9.84 Å². The maximum absolute atomic E-state index is 12.2. The highest BCUT2D eigenvalue weighted by molar-refractivity contribution is 5.83. The average Bonchev–Trinajstić information content (AvgIpc) is 3.06. The number of aryl methyl sites for hydroxylation is 2. The summed E-state index contributed by atoms with van der Waals surface area (Å²) in [5.74, 6) is -1.19. The van der Waals surface area contributed by atoms with Crippen LogP contribution in [0.25, 0.3) is 0 Å². The molecule has 0 bridgehead atoms. The molecule has 1 aliphatic carbocycles. The number of aliphatic carboxylic acids is 1. The van der Waals surface area contributed by atoms with Crippen molar-refractivity contribution in [2.75, 3.05) is 0 Å². The third kappa shape index (κ3) is 2.78. The summed E-state index contributed by atoms with van der Waals surface area (Å²) in [5.41, 5.74) is 3.68. The predicted octanol–water partition coefficient (Wildman–Crippen LogP) is 1.73. The summed E-state index contributed by atoms with van der Waals surface area (Å²) in [6.45, 7) is 2.06.